The van der Waals surface area contributed by atoms with Gasteiger partial charge in [0.15, 0.2) is 10.2 Å². The van der Waals surface area contributed by atoms with E-state index in [1.807, 2.05) is 13.8 Å². The Labute approximate surface area is 121 Å². The Kier molecular flexibility index (Phi) is 4.73. The fourth-order valence-electron chi connectivity index (χ4n) is 1.62. The third-order valence-corrected chi connectivity index (χ3v) is 4.89. The van der Waals surface area contributed by atoms with Crippen LogP contribution in [0.3, 0.4) is 0 Å². The van der Waals surface area contributed by atoms with Crippen LogP contribution in [-0.2, 0) is 16.6 Å². The average molecular weight is 315 g/mol. The zero-order valence-electron chi connectivity index (χ0n) is 11.3. The minimum atomic E-state index is -3.68. The summed E-state index contributed by atoms with van der Waals surface area (Å²) >= 11 is 1.25. The van der Waals surface area contributed by atoms with Crippen LogP contribution in [0.25, 0.3) is 0 Å². The lowest BCUT2D eigenvalue weighted by molar-refractivity contribution is 0.593. The molecular weight excluding hydrogens is 298 g/mol. The molecule has 0 amide bonds. The normalized spacial score (nSPS) is 11.7. The molecule has 2 heterocycles. The van der Waals surface area contributed by atoms with Crippen molar-refractivity contribution in [2.75, 3.05) is 11.3 Å². The first-order chi connectivity index (χ1) is 9.53. The molecule has 0 aliphatic carbocycles. The van der Waals surface area contributed by atoms with E-state index in [1.165, 1.54) is 17.5 Å². The number of nitrogens with zero attached hydrogens (tertiary/aromatic N) is 2. The van der Waals surface area contributed by atoms with Gasteiger partial charge in [-0.15, -0.1) is 11.3 Å². The number of nitrogens with one attached hydrogen (secondary N) is 3. The minimum absolute atomic E-state index is 0.0777. The van der Waals surface area contributed by atoms with Crippen LogP contribution < -0.4 is 10.0 Å². The monoisotopic (exact) mass is 315 g/mol. The third kappa shape index (κ3) is 3.56. The van der Waals surface area contributed by atoms with Gasteiger partial charge in [0.1, 0.15) is 0 Å². The largest absolute Gasteiger partial charge is 0.313 e. The highest BCUT2D eigenvalue weighted by Crippen LogP contribution is 2.20. The summed E-state index contributed by atoms with van der Waals surface area (Å²) in [6.45, 7) is 5.14. The molecule has 0 aliphatic heterocycles. The number of sulfonamides is 1. The fraction of sp³-hybridized carbons (Fsp3) is 0.455. The Bertz CT molecular complexity index is 662. The molecule has 3 N–H and O–H groups in total. The van der Waals surface area contributed by atoms with Crippen LogP contribution in [0, 0.1) is 6.92 Å². The topological polar surface area (TPSA) is 99.8 Å². The maximum Gasteiger partial charge on any atom is 0.280 e. The first-order valence-electron chi connectivity index (χ1n) is 6.21. The molecule has 0 bridgehead atoms. The van der Waals surface area contributed by atoms with Gasteiger partial charge in [-0.3, -0.25) is 9.82 Å². The SMILES string of the molecule is CCCNCc1cn[nH]c1S(=O)(=O)Nc1nc(C)cs1. The van der Waals surface area contributed by atoms with E-state index in [1.54, 1.807) is 5.38 Å². The van der Waals surface area contributed by atoms with E-state index in [-0.39, 0.29) is 5.03 Å². The van der Waals surface area contributed by atoms with E-state index < -0.39 is 10.0 Å². The molecule has 7 nitrogen and oxygen atoms in total. The third-order valence-electron chi connectivity index (χ3n) is 2.53. The Morgan fingerprint density at radius 1 is 1.45 bits per heavy atom. The smallest absolute Gasteiger partial charge is 0.280 e. The molecule has 0 unspecified atom stereocenters. The Balaban J connectivity index is 2.15. The summed E-state index contributed by atoms with van der Waals surface area (Å²) in [5.74, 6) is 0. The van der Waals surface area contributed by atoms with E-state index in [2.05, 4.69) is 25.2 Å². The van der Waals surface area contributed by atoms with Gasteiger partial charge in [0, 0.05) is 17.5 Å². The van der Waals surface area contributed by atoms with Gasteiger partial charge >= 0.3 is 0 Å². The fourth-order valence-corrected chi connectivity index (χ4v) is 3.70. The maximum atomic E-state index is 12.3. The predicted octanol–water partition coefficient (Wildman–Crippen LogP) is 1.48. The number of aromatic amines is 1. The molecule has 9 heteroatoms. The molecule has 2 aromatic rings. The summed E-state index contributed by atoms with van der Waals surface area (Å²) in [6.07, 6.45) is 2.50. The van der Waals surface area contributed by atoms with Gasteiger partial charge in [-0.05, 0) is 19.9 Å². The van der Waals surface area contributed by atoms with Crippen molar-refractivity contribution in [2.24, 2.45) is 0 Å². The number of thiazole rings is 1. The number of aryl methyl sites for hydroxylation is 1. The van der Waals surface area contributed by atoms with Gasteiger partial charge in [-0.1, -0.05) is 6.92 Å². The highest BCUT2D eigenvalue weighted by Gasteiger charge is 2.21. The second kappa shape index (κ2) is 6.33. The molecule has 0 atom stereocenters. The zero-order chi connectivity index (χ0) is 14.6. The molecule has 0 aliphatic rings. The van der Waals surface area contributed by atoms with Crippen LogP contribution in [-0.4, -0.2) is 30.1 Å². The quantitative estimate of drug-likeness (QED) is 0.672. The molecule has 110 valence electrons. The molecular formula is C11H17N5O2S2. The molecule has 20 heavy (non-hydrogen) atoms. The number of aromatic nitrogens is 3. The predicted molar refractivity (Wildman–Crippen MR) is 78.2 cm³/mol. The van der Waals surface area contributed by atoms with E-state index in [0.29, 0.717) is 17.2 Å². The van der Waals surface area contributed by atoms with Gasteiger partial charge in [-0.2, -0.15) is 13.5 Å². The van der Waals surface area contributed by atoms with Gasteiger partial charge in [0.25, 0.3) is 10.0 Å². The van der Waals surface area contributed by atoms with Gasteiger partial charge in [0.2, 0.25) is 0 Å². The van der Waals surface area contributed by atoms with Crippen LogP contribution in [0.5, 0.6) is 0 Å². The van der Waals surface area contributed by atoms with Crippen LogP contribution in [0.2, 0.25) is 0 Å². The van der Waals surface area contributed by atoms with Crippen LogP contribution in [0.4, 0.5) is 5.13 Å². The highest BCUT2D eigenvalue weighted by molar-refractivity contribution is 7.92. The van der Waals surface area contributed by atoms with E-state index in [9.17, 15) is 8.42 Å². The molecule has 0 spiro atoms. The van der Waals surface area contributed by atoms with Crippen LogP contribution >= 0.6 is 11.3 Å². The van der Waals surface area contributed by atoms with Gasteiger partial charge in [0.05, 0.1) is 11.9 Å². The second-order valence-electron chi connectivity index (χ2n) is 4.30. The van der Waals surface area contributed by atoms with Crippen molar-refractivity contribution in [1.82, 2.24) is 20.5 Å². The van der Waals surface area contributed by atoms with Crippen molar-refractivity contribution in [3.05, 3.63) is 22.8 Å². The number of hydrogen-bond donors (Lipinski definition) is 3. The second-order valence-corrected chi connectivity index (χ2v) is 6.78. The van der Waals surface area contributed by atoms with E-state index >= 15 is 0 Å². The zero-order valence-corrected chi connectivity index (χ0v) is 12.9. The highest BCUT2D eigenvalue weighted by atomic mass is 32.2. The summed E-state index contributed by atoms with van der Waals surface area (Å²) in [7, 11) is -3.68. The molecule has 0 saturated heterocycles. The molecule has 0 radical (unpaired) electrons. The molecule has 0 fully saturated rings. The minimum Gasteiger partial charge on any atom is -0.313 e. The van der Waals surface area contributed by atoms with Crippen molar-refractivity contribution in [3.63, 3.8) is 0 Å². The summed E-state index contributed by atoms with van der Waals surface area (Å²) < 4.78 is 27.0. The standard InChI is InChI=1S/C11H17N5O2S2/c1-3-4-12-5-9-6-13-15-10(9)20(17,18)16-11-14-8(2)7-19-11/h6-7,12H,3-5H2,1-2H3,(H,13,15)(H,14,16). The molecule has 2 aromatic heterocycles. The Morgan fingerprint density at radius 2 is 2.25 bits per heavy atom. The molecule has 0 aromatic carbocycles. The van der Waals surface area contributed by atoms with Crippen molar-refractivity contribution < 1.29 is 8.42 Å². The van der Waals surface area contributed by atoms with Crippen molar-refractivity contribution >= 4 is 26.5 Å². The van der Waals surface area contributed by atoms with Crippen molar-refractivity contribution in [1.29, 1.82) is 0 Å². The first-order valence-corrected chi connectivity index (χ1v) is 8.57. The lowest BCUT2D eigenvalue weighted by Gasteiger charge is -2.06. The average Bonchev–Trinajstić information content (AvgIpc) is 2.99. The first kappa shape index (κ1) is 14.9. The number of rotatable bonds is 7. The maximum absolute atomic E-state index is 12.3. The van der Waals surface area contributed by atoms with Crippen LogP contribution in [0.1, 0.15) is 24.6 Å². The number of H-pyrrole nitrogens is 1. The Morgan fingerprint density at radius 3 is 2.90 bits per heavy atom. The summed E-state index contributed by atoms with van der Waals surface area (Å²) in [5.41, 5.74) is 1.39. The van der Waals surface area contributed by atoms with Crippen molar-refractivity contribution in [2.45, 2.75) is 31.8 Å². The summed E-state index contributed by atoms with van der Waals surface area (Å²) in [5, 5.41) is 11.7. The molecule has 2 rings (SSSR count). The van der Waals surface area contributed by atoms with Gasteiger partial charge < -0.3 is 5.32 Å². The van der Waals surface area contributed by atoms with Crippen LogP contribution in [0.15, 0.2) is 16.6 Å². The summed E-state index contributed by atoms with van der Waals surface area (Å²) in [4.78, 5) is 4.09. The van der Waals surface area contributed by atoms with Crippen molar-refractivity contribution in [3.8, 4) is 0 Å². The van der Waals surface area contributed by atoms with Gasteiger partial charge in [-0.25, -0.2) is 4.98 Å². The van der Waals surface area contributed by atoms with E-state index in [0.717, 1.165) is 18.7 Å². The Hall–Kier alpha value is -1.45. The summed E-state index contributed by atoms with van der Waals surface area (Å²) in [6, 6.07) is 0. The van der Waals surface area contributed by atoms with E-state index in [4.69, 9.17) is 0 Å². The lowest BCUT2D eigenvalue weighted by atomic mass is 10.3. The number of anilines is 1. The molecule has 0 saturated carbocycles. The lowest BCUT2D eigenvalue weighted by Crippen LogP contribution is -2.19. The number of hydrogen-bond acceptors (Lipinski definition) is 6.